The molecule has 0 radical (unpaired) electrons. The molecule has 0 aliphatic rings. The Morgan fingerprint density at radius 2 is 1.76 bits per heavy atom. The minimum atomic E-state index is -1.79. The Labute approximate surface area is 97.6 Å². The second-order valence-electron chi connectivity index (χ2n) is 3.45. The van der Waals surface area contributed by atoms with Crippen LogP contribution in [-0.2, 0) is 4.79 Å². The number of rotatable bonds is 4. The molecule has 0 aliphatic carbocycles. The molecule has 1 aromatic carbocycles. The summed E-state index contributed by atoms with van der Waals surface area (Å²) in [7, 11) is -1.79. The van der Waals surface area contributed by atoms with Crippen LogP contribution >= 0.6 is 0 Å². The second kappa shape index (κ2) is 5.47. The Balaban J connectivity index is 2.70. The minimum absolute atomic E-state index is 0.0695. The van der Waals surface area contributed by atoms with E-state index < -0.39 is 24.9 Å². The van der Waals surface area contributed by atoms with Gasteiger partial charge in [0.15, 0.2) is 0 Å². The summed E-state index contributed by atoms with van der Waals surface area (Å²) in [6, 6.07) is 5.20. The monoisotopic (exact) mass is 238 g/mol. The van der Waals surface area contributed by atoms with Crippen LogP contribution in [0.15, 0.2) is 24.3 Å². The fraction of sp³-hybridized carbons (Fsp3) is 0.200. The van der Waals surface area contributed by atoms with E-state index in [1.54, 1.807) is 0 Å². The van der Waals surface area contributed by atoms with Crippen LogP contribution in [0.1, 0.15) is 17.3 Å². The number of ether oxygens (including phenoxy) is 1. The highest BCUT2D eigenvalue weighted by Gasteiger charge is 2.27. The first-order valence-corrected chi connectivity index (χ1v) is 4.83. The zero-order valence-corrected chi connectivity index (χ0v) is 9.03. The van der Waals surface area contributed by atoms with Crippen LogP contribution in [0.4, 0.5) is 0 Å². The van der Waals surface area contributed by atoms with Crippen molar-refractivity contribution in [3.8, 4) is 5.75 Å². The van der Waals surface area contributed by atoms with Gasteiger partial charge in [0.2, 0.25) is 0 Å². The maximum absolute atomic E-state index is 11.3. The third-order valence-electron chi connectivity index (χ3n) is 2.14. The van der Waals surface area contributed by atoms with Crippen molar-refractivity contribution in [2.24, 2.45) is 0 Å². The number of carboxylic acids is 1. The van der Waals surface area contributed by atoms with Gasteiger partial charge in [-0.15, -0.1) is 0 Å². The van der Waals surface area contributed by atoms with Crippen LogP contribution in [0, 0.1) is 0 Å². The molecule has 17 heavy (non-hydrogen) atoms. The summed E-state index contributed by atoms with van der Waals surface area (Å²) in [6.07, 6.45) is 0. The van der Waals surface area contributed by atoms with Gasteiger partial charge in [-0.1, -0.05) is 6.92 Å². The van der Waals surface area contributed by atoms with Crippen LogP contribution in [-0.4, -0.2) is 34.2 Å². The van der Waals surface area contributed by atoms with E-state index in [0.717, 1.165) is 0 Å². The molecule has 0 spiro atoms. The van der Waals surface area contributed by atoms with Crippen molar-refractivity contribution < 1.29 is 29.5 Å². The lowest BCUT2D eigenvalue weighted by molar-refractivity contribution is -0.134. The topological polar surface area (TPSA) is 104 Å². The van der Waals surface area contributed by atoms with Crippen LogP contribution < -0.4 is 4.74 Å². The van der Waals surface area contributed by atoms with Gasteiger partial charge in [-0.3, -0.25) is 4.79 Å². The third kappa shape index (κ3) is 3.58. The Bertz CT molecular complexity index is 413. The molecule has 0 heterocycles. The number of carbonyl (C=O) groups is 2. The van der Waals surface area contributed by atoms with Crippen molar-refractivity contribution in [1.82, 2.24) is 0 Å². The molecule has 0 bridgehead atoms. The lowest BCUT2D eigenvalue weighted by atomic mass is 9.74. The standard InChI is InChI=1S/C10H11BO6/c1-6(11(15)16)10(14)17-8-4-2-7(3-5-8)9(12)13/h2-6,15-16H,1H3,(H,12,13). The van der Waals surface area contributed by atoms with E-state index in [4.69, 9.17) is 19.9 Å². The predicted octanol–water partition coefficient (Wildman–Crippen LogP) is 0.153. The van der Waals surface area contributed by atoms with Crippen molar-refractivity contribution in [3.05, 3.63) is 29.8 Å². The Morgan fingerprint density at radius 1 is 1.24 bits per heavy atom. The summed E-state index contributed by atoms with van der Waals surface area (Å²) < 4.78 is 4.82. The van der Waals surface area contributed by atoms with Gasteiger partial charge in [0.1, 0.15) is 5.75 Å². The largest absolute Gasteiger partial charge is 0.478 e. The molecule has 90 valence electrons. The summed E-state index contributed by atoms with van der Waals surface area (Å²) in [5.41, 5.74) is 0.0695. The van der Waals surface area contributed by atoms with E-state index in [1.807, 2.05) is 0 Å². The fourth-order valence-electron chi connectivity index (χ4n) is 0.996. The summed E-state index contributed by atoms with van der Waals surface area (Å²) in [5, 5.41) is 26.2. The molecule has 3 N–H and O–H groups in total. The molecule has 6 nitrogen and oxygen atoms in total. The molecular formula is C10H11BO6. The van der Waals surface area contributed by atoms with Gasteiger partial charge >= 0.3 is 19.1 Å². The average molecular weight is 238 g/mol. The van der Waals surface area contributed by atoms with Gasteiger partial charge in [0, 0.05) is 0 Å². The molecule has 0 saturated heterocycles. The first-order valence-electron chi connectivity index (χ1n) is 4.83. The second-order valence-corrected chi connectivity index (χ2v) is 3.45. The fourth-order valence-corrected chi connectivity index (χ4v) is 0.996. The van der Waals surface area contributed by atoms with E-state index in [0.29, 0.717) is 0 Å². The van der Waals surface area contributed by atoms with Gasteiger partial charge in [-0.25, -0.2) is 4.79 Å². The van der Waals surface area contributed by atoms with Gasteiger partial charge in [-0.05, 0) is 24.3 Å². The molecule has 0 aromatic heterocycles. The summed E-state index contributed by atoms with van der Waals surface area (Å²) >= 11 is 0. The Kier molecular flexibility index (Phi) is 4.25. The van der Waals surface area contributed by atoms with Crippen LogP contribution in [0.25, 0.3) is 0 Å². The van der Waals surface area contributed by atoms with Gasteiger partial charge in [-0.2, -0.15) is 0 Å². The number of hydrogen-bond donors (Lipinski definition) is 3. The van der Waals surface area contributed by atoms with E-state index >= 15 is 0 Å². The van der Waals surface area contributed by atoms with E-state index in [-0.39, 0.29) is 11.3 Å². The van der Waals surface area contributed by atoms with Crippen molar-refractivity contribution in [3.63, 3.8) is 0 Å². The number of carbonyl (C=O) groups excluding carboxylic acids is 1. The van der Waals surface area contributed by atoms with Crippen LogP contribution in [0.3, 0.4) is 0 Å². The maximum atomic E-state index is 11.3. The predicted molar refractivity (Wildman–Crippen MR) is 58.7 cm³/mol. The highest BCUT2D eigenvalue weighted by Crippen LogP contribution is 2.16. The van der Waals surface area contributed by atoms with Gasteiger partial charge < -0.3 is 19.9 Å². The Hall–Kier alpha value is -1.86. The zero-order valence-electron chi connectivity index (χ0n) is 9.03. The molecule has 1 aromatic rings. The molecule has 0 fully saturated rings. The van der Waals surface area contributed by atoms with Crippen molar-refractivity contribution in [1.29, 1.82) is 0 Å². The molecule has 7 heteroatoms. The lowest BCUT2D eigenvalue weighted by Crippen LogP contribution is -2.28. The van der Waals surface area contributed by atoms with Crippen LogP contribution in [0.5, 0.6) is 5.75 Å². The highest BCUT2D eigenvalue weighted by atomic mass is 16.5. The molecule has 1 unspecified atom stereocenters. The summed E-state index contributed by atoms with van der Waals surface area (Å²) in [6.45, 7) is 1.30. The normalized spacial score (nSPS) is 11.7. The molecule has 1 rings (SSSR count). The molecular weight excluding hydrogens is 227 g/mol. The number of carboxylic acid groups (broad SMARTS) is 1. The molecule has 1 atom stereocenters. The van der Waals surface area contributed by atoms with Crippen molar-refractivity contribution in [2.75, 3.05) is 0 Å². The van der Waals surface area contributed by atoms with Crippen LogP contribution in [0.2, 0.25) is 5.82 Å². The highest BCUT2D eigenvalue weighted by molar-refractivity contribution is 6.48. The number of aromatic carboxylic acids is 1. The maximum Gasteiger partial charge on any atom is 0.466 e. The van der Waals surface area contributed by atoms with Crippen molar-refractivity contribution in [2.45, 2.75) is 12.7 Å². The average Bonchev–Trinajstić information content (AvgIpc) is 2.28. The first-order chi connectivity index (χ1) is 7.91. The smallest absolute Gasteiger partial charge is 0.466 e. The zero-order chi connectivity index (χ0) is 13.0. The number of benzene rings is 1. The summed E-state index contributed by atoms with van der Waals surface area (Å²) in [4.78, 5) is 21.9. The first kappa shape index (κ1) is 13.2. The third-order valence-corrected chi connectivity index (χ3v) is 2.14. The Morgan fingerprint density at radius 3 is 2.18 bits per heavy atom. The number of esters is 1. The SMILES string of the molecule is CC(B(O)O)C(=O)Oc1ccc(C(=O)O)cc1. The van der Waals surface area contributed by atoms with E-state index in [1.165, 1.54) is 31.2 Å². The lowest BCUT2D eigenvalue weighted by Gasteiger charge is -2.09. The minimum Gasteiger partial charge on any atom is -0.478 e. The molecule has 0 amide bonds. The van der Waals surface area contributed by atoms with Crippen molar-refractivity contribution >= 4 is 19.1 Å². The van der Waals surface area contributed by atoms with Gasteiger partial charge in [0.05, 0.1) is 11.4 Å². The number of hydrogen-bond acceptors (Lipinski definition) is 5. The molecule has 0 aliphatic heterocycles. The van der Waals surface area contributed by atoms with E-state index in [9.17, 15) is 9.59 Å². The quantitative estimate of drug-likeness (QED) is 0.392. The van der Waals surface area contributed by atoms with E-state index in [2.05, 4.69) is 0 Å². The van der Waals surface area contributed by atoms with Gasteiger partial charge in [0.25, 0.3) is 0 Å². The molecule has 0 saturated carbocycles. The summed E-state index contributed by atoms with van der Waals surface area (Å²) in [5.74, 6) is -2.81.